The maximum atomic E-state index is 5.98. The molecule has 1 aromatic rings. The molecule has 3 heteroatoms. The summed E-state index contributed by atoms with van der Waals surface area (Å²) in [4.78, 5) is 0. The number of hydrogen-bond donors (Lipinski definition) is 1. The third-order valence-corrected chi connectivity index (χ3v) is 3.97. The van der Waals surface area contributed by atoms with Crippen LogP contribution in [-0.4, -0.2) is 6.04 Å². The minimum atomic E-state index is 0.656. The largest absolute Gasteiger partial charge is 0.310 e. The predicted octanol–water partition coefficient (Wildman–Crippen LogP) is 4.66. The Labute approximate surface area is 114 Å². The molecule has 0 aromatic heterocycles. The van der Waals surface area contributed by atoms with E-state index < -0.39 is 0 Å². The summed E-state index contributed by atoms with van der Waals surface area (Å²) >= 11 is 12.0. The van der Waals surface area contributed by atoms with E-state index in [0.717, 1.165) is 12.5 Å². The zero-order chi connectivity index (χ0) is 12.3. The SMILES string of the molecule is CC1CCC(NCc2cc(Cl)cc(Cl)c2)CC1. The Hall–Kier alpha value is -0.240. The van der Waals surface area contributed by atoms with Crippen molar-refractivity contribution in [2.24, 2.45) is 5.92 Å². The van der Waals surface area contributed by atoms with Gasteiger partial charge in [0, 0.05) is 22.6 Å². The van der Waals surface area contributed by atoms with Crippen LogP contribution in [0.4, 0.5) is 0 Å². The van der Waals surface area contributed by atoms with Crippen LogP contribution in [-0.2, 0) is 6.54 Å². The maximum absolute atomic E-state index is 5.98. The van der Waals surface area contributed by atoms with Gasteiger partial charge in [-0.15, -0.1) is 0 Å². The fourth-order valence-electron chi connectivity index (χ4n) is 2.44. The molecule has 0 saturated heterocycles. The second kappa shape index (κ2) is 6.08. The highest BCUT2D eigenvalue weighted by Crippen LogP contribution is 2.24. The van der Waals surface area contributed by atoms with E-state index in [1.54, 1.807) is 6.07 Å². The first kappa shape index (κ1) is 13.2. The van der Waals surface area contributed by atoms with Gasteiger partial charge in [0.25, 0.3) is 0 Å². The number of benzene rings is 1. The number of hydrogen-bond acceptors (Lipinski definition) is 1. The van der Waals surface area contributed by atoms with Crippen molar-refractivity contribution in [1.29, 1.82) is 0 Å². The lowest BCUT2D eigenvalue weighted by Gasteiger charge is -2.27. The smallest absolute Gasteiger partial charge is 0.0424 e. The zero-order valence-corrected chi connectivity index (χ0v) is 11.7. The Morgan fingerprint density at radius 1 is 1.06 bits per heavy atom. The van der Waals surface area contributed by atoms with E-state index in [2.05, 4.69) is 12.2 Å². The molecular weight excluding hydrogens is 253 g/mol. The van der Waals surface area contributed by atoms with Crippen LogP contribution in [0.5, 0.6) is 0 Å². The summed E-state index contributed by atoms with van der Waals surface area (Å²) in [6, 6.07) is 6.39. The Bertz CT molecular complexity index is 350. The lowest BCUT2D eigenvalue weighted by atomic mass is 9.87. The molecule has 1 aliphatic carbocycles. The van der Waals surface area contributed by atoms with Crippen molar-refractivity contribution in [3.05, 3.63) is 33.8 Å². The highest BCUT2D eigenvalue weighted by Gasteiger charge is 2.17. The molecule has 0 bridgehead atoms. The van der Waals surface area contributed by atoms with Crippen LogP contribution in [0.1, 0.15) is 38.2 Å². The molecule has 0 aliphatic heterocycles. The van der Waals surface area contributed by atoms with Crippen molar-refractivity contribution in [3.63, 3.8) is 0 Å². The summed E-state index contributed by atoms with van der Waals surface area (Å²) in [5, 5.41) is 5.02. The van der Waals surface area contributed by atoms with E-state index in [4.69, 9.17) is 23.2 Å². The molecule has 1 nitrogen and oxygen atoms in total. The highest BCUT2D eigenvalue weighted by molar-refractivity contribution is 6.34. The van der Waals surface area contributed by atoms with Crippen LogP contribution < -0.4 is 5.32 Å². The van der Waals surface area contributed by atoms with Gasteiger partial charge in [0.2, 0.25) is 0 Å². The molecule has 0 atom stereocenters. The zero-order valence-electron chi connectivity index (χ0n) is 10.2. The summed E-state index contributed by atoms with van der Waals surface area (Å²) < 4.78 is 0. The van der Waals surface area contributed by atoms with E-state index in [1.165, 1.54) is 31.2 Å². The van der Waals surface area contributed by atoms with E-state index in [0.29, 0.717) is 16.1 Å². The van der Waals surface area contributed by atoms with Gasteiger partial charge in [-0.05, 0) is 55.4 Å². The van der Waals surface area contributed by atoms with Crippen LogP contribution >= 0.6 is 23.2 Å². The van der Waals surface area contributed by atoms with Gasteiger partial charge < -0.3 is 5.32 Å². The second-order valence-electron chi connectivity index (χ2n) is 5.12. The predicted molar refractivity (Wildman–Crippen MR) is 74.7 cm³/mol. The molecule has 1 N–H and O–H groups in total. The molecule has 0 unspecified atom stereocenters. The fourth-order valence-corrected chi connectivity index (χ4v) is 3.01. The highest BCUT2D eigenvalue weighted by atomic mass is 35.5. The first-order valence-corrected chi connectivity index (χ1v) is 7.07. The maximum Gasteiger partial charge on any atom is 0.0424 e. The first-order chi connectivity index (χ1) is 8.13. The third-order valence-electron chi connectivity index (χ3n) is 3.53. The Balaban J connectivity index is 1.85. The molecule has 0 amide bonds. The van der Waals surface area contributed by atoms with Gasteiger partial charge >= 0.3 is 0 Å². The summed E-state index contributed by atoms with van der Waals surface area (Å²) in [5.74, 6) is 0.897. The van der Waals surface area contributed by atoms with Gasteiger partial charge in [-0.25, -0.2) is 0 Å². The molecule has 0 radical (unpaired) electrons. The quantitative estimate of drug-likeness (QED) is 0.843. The van der Waals surface area contributed by atoms with Gasteiger partial charge in [-0.2, -0.15) is 0 Å². The van der Waals surface area contributed by atoms with Crippen molar-refractivity contribution in [2.45, 2.75) is 45.2 Å². The number of halogens is 2. The standard InChI is InChI=1S/C14H19Cl2N/c1-10-2-4-14(5-3-10)17-9-11-6-12(15)8-13(16)7-11/h6-8,10,14,17H,2-5,9H2,1H3. The molecule has 0 heterocycles. The van der Waals surface area contributed by atoms with Gasteiger partial charge in [0.1, 0.15) is 0 Å². The molecule has 1 aromatic carbocycles. The van der Waals surface area contributed by atoms with E-state index in [1.807, 2.05) is 12.1 Å². The van der Waals surface area contributed by atoms with Crippen molar-refractivity contribution >= 4 is 23.2 Å². The summed E-state index contributed by atoms with van der Waals surface area (Å²) in [7, 11) is 0. The lowest BCUT2D eigenvalue weighted by Crippen LogP contribution is -2.32. The average molecular weight is 272 g/mol. The monoisotopic (exact) mass is 271 g/mol. The minimum Gasteiger partial charge on any atom is -0.310 e. The Morgan fingerprint density at radius 3 is 2.24 bits per heavy atom. The van der Waals surface area contributed by atoms with Crippen LogP contribution in [0.2, 0.25) is 10.0 Å². The van der Waals surface area contributed by atoms with Crippen molar-refractivity contribution < 1.29 is 0 Å². The van der Waals surface area contributed by atoms with Crippen molar-refractivity contribution in [1.82, 2.24) is 5.32 Å². The minimum absolute atomic E-state index is 0.656. The van der Waals surface area contributed by atoms with Gasteiger partial charge in [0.05, 0.1) is 0 Å². The third kappa shape index (κ3) is 4.17. The van der Waals surface area contributed by atoms with Gasteiger partial charge in [-0.1, -0.05) is 30.1 Å². The molecule has 1 fully saturated rings. The van der Waals surface area contributed by atoms with Crippen LogP contribution in [0.15, 0.2) is 18.2 Å². The summed E-state index contributed by atoms with van der Waals surface area (Å²) in [6.07, 6.45) is 5.26. The fraction of sp³-hybridized carbons (Fsp3) is 0.571. The van der Waals surface area contributed by atoms with E-state index in [9.17, 15) is 0 Å². The van der Waals surface area contributed by atoms with E-state index >= 15 is 0 Å². The normalized spacial score (nSPS) is 24.9. The number of rotatable bonds is 3. The van der Waals surface area contributed by atoms with Gasteiger partial charge in [0.15, 0.2) is 0 Å². The molecule has 94 valence electrons. The van der Waals surface area contributed by atoms with Gasteiger partial charge in [-0.3, -0.25) is 0 Å². The summed E-state index contributed by atoms with van der Waals surface area (Å²) in [5.41, 5.74) is 1.17. The van der Waals surface area contributed by atoms with E-state index in [-0.39, 0.29) is 0 Å². The Morgan fingerprint density at radius 2 is 1.65 bits per heavy atom. The van der Waals surface area contributed by atoms with Crippen LogP contribution in [0.25, 0.3) is 0 Å². The van der Waals surface area contributed by atoms with Crippen molar-refractivity contribution in [2.75, 3.05) is 0 Å². The Kier molecular flexibility index (Phi) is 4.72. The number of nitrogens with one attached hydrogen (secondary N) is 1. The second-order valence-corrected chi connectivity index (χ2v) is 5.99. The first-order valence-electron chi connectivity index (χ1n) is 6.32. The molecule has 0 spiro atoms. The topological polar surface area (TPSA) is 12.0 Å². The average Bonchev–Trinajstić information content (AvgIpc) is 2.27. The lowest BCUT2D eigenvalue weighted by molar-refractivity contribution is 0.306. The molecular formula is C14H19Cl2N. The molecule has 17 heavy (non-hydrogen) atoms. The summed E-state index contributed by atoms with van der Waals surface area (Å²) in [6.45, 7) is 3.20. The van der Waals surface area contributed by atoms with Crippen LogP contribution in [0.3, 0.4) is 0 Å². The van der Waals surface area contributed by atoms with Crippen molar-refractivity contribution in [3.8, 4) is 0 Å². The molecule has 1 saturated carbocycles. The molecule has 2 rings (SSSR count). The molecule has 1 aliphatic rings. The van der Waals surface area contributed by atoms with Crippen LogP contribution in [0, 0.1) is 5.92 Å².